The summed E-state index contributed by atoms with van der Waals surface area (Å²) in [5, 5.41) is 1.79. The van der Waals surface area contributed by atoms with Crippen LogP contribution in [0.4, 0.5) is 0 Å². The van der Waals surface area contributed by atoms with Crippen molar-refractivity contribution in [2.24, 2.45) is 0 Å². The molecule has 7 heteroatoms. The van der Waals surface area contributed by atoms with Gasteiger partial charge in [-0.2, -0.15) is 0 Å². The van der Waals surface area contributed by atoms with Crippen LogP contribution in [0.15, 0.2) is 41.7 Å². The van der Waals surface area contributed by atoms with E-state index in [1.54, 1.807) is 30.3 Å². The predicted molar refractivity (Wildman–Crippen MR) is 85.4 cm³/mol. The van der Waals surface area contributed by atoms with Crippen molar-refractivity contribution < 1.29 is 4.79 Å². The fraction of sp³-hybridized carbons (Fsp3) is 0.0714. The number of hydrogen-bond acceptors (Lipinski definition) is 4. The van der Waals surface area contributed by atoms with Crippen LogP contribution >= 0.6 is 35.0 Å². The first kappa shape index (κ1) is 14.4. The first-order valence-electron chi connectivity index (χ1n) is 6.04. The fourth-order valence-electron chi connectivity index (χ4n) is 1.77. The summed E-state index contributed by atoms with van der Waals surface area (Å²) in [5.41, 5.74) is 1.97. The second kappa shape index (κ2) is 6.05. The van der Waals surface area contributed by atoms with Crippen molar-refractivity contribution in [3.05, 3.63) is 52.1 Å². The predicted octanol–water partition coefficient (Wildman–Crippen LogP) is 4.24. The SMILES string of the molecule is O=C(CSc1nc2ncc(Cl)cc2[nH]1)c1ccc(Cl)cc1. The zero-order valence-electron chi connectivity index (χ0n) is 10.6. The Morgan fingerprint density at radius 1 is 1.19 bits per heavy atom. The largest absolute Gasteiger partial charge is 0.331 e. The Kier molecular flexibility index (Phi) is 4.14. The van der Waals surface area contributed by atoms with Crippen LogP contribution in [0.2, 0.25) is 10.0 Å². The van der Waals surface area contributed by atoms with Gasteiger partial charge in [-0.25, -0.2) is 9.97 Å². The molecule has 0 bridgehead atoms. The van der Waals surface area contributed by atoms with E-state index < -0.39 is 0 Å². The molecule has 0 fully saturated rings. The van der Waals surface area contributed by atoms with Gasteiger partial charge in [0.2, 0.25) is 0 Å². The number of benzene rings is 1. The van der Waals surface area contributed by atoms with Crippen molar-refractivity contribution in [3.8, 4) is 0 Å². The first-order chi connectivity index (χ1) is 10.1. The van der Waals surface area contributed by atoms with Gasteiger partial charge in [0, 0.05) is 16.8 Å². The highest BCUT2D eigenvalue weighted by Gasteiger charge is 2.10. The Morgan fingerprint density at radius 2 is 1.95 bits per heavy atom. The average molecular weight is 338 g/mol. The van der Waals surface area contributed by atoms with Gasteiger partial charge in [-0.05, 0) is 30.3 Å². The van der Waals surface area contributed by atoms with Gasteiger partial charge in [0.25, 0.3) is 0 Å². The van der Waals surface area contributed by atoms with Crippen LogP contribution in [-0.2, 0) is 0 Å². The van der Waals surface area contributed by atoms with E-state index in [9.17, 15) is 4.79 Å². The number of rotatable bonds is 4. The van der Waals surface area contributed by atoms with Crippen molar-refractivity contribution in [2.45, 2.75) is 5.16 Å². The number of nitrogens with one attached hydrogen (secondary N) is 1. The van der Waals surface area contributed by atoms with Gasteiger partial charge >= 0.3 is 0 Å². The van der Waals surface area contributed by atoms with E-state index in [1.165, 1.54) is 18.0 Å². The lowest BCUT2D eigenvalue weighted by Crippen LogP contribution is -2.02. The number of pyridine rings is 1. The number of nitrogens with zero attached hydrogens (tertiary/aromatic N) is 2. The molecular formula is C14H9Cl2N3OS. The van der Waals surface area contributed by atoms with Gasteiger partial charge in [0.1, 0.15) is 0 Å². The van der Waals surface area contributed by atoms with E-state index in [1.807, 2.05) is 0 Å². The molecule has 21 heavy (non-hydrogen) atoms. The number of carbonyl (C=O) groups is 1. The highest BCUT2D eigenvalue weighted by molar-refractivity contribution is 7.99. The van der Waals surface area contributed by atoms with Gasteiger partial charge in [0.15, 0.2) is 16.6 Å². The number of H-pyrrole nitrogens is 1. The molecule has 0 amide bonds. The maximum Gasteiger partial charge on any atom is 0.178 e. The number of Topliss-reactive ketones (excluding diaryl/α,β-unsaturated/α-hetero) is 1. The second-order valence-corrected chi connectivity index (χ2v) is 6.12. The van der Waals surface area contributed by atoms with E-state index in [2.05, 4.69) is 15.0 Å². The third-order valence-corrected chi connectivity index (χ3v) is 4.12. The van der Waals surface area contributed by atoms with Crippen LogP contribution < -0.4 is 0 Å². The number of halogens is 2. The van der Waals surface area contributed by atoms with E-state index in [0.717, 1.165) is 5.52 Å². The van der Waals surface area contributed by atoms with Crippen LogP contribution in [0.5, 0.6) is 0 Å². The standard InChI is InChI=1S/C14H9Cl2N3OS/c15-9-3-1-8(2-4-9)12(20)7-21-14-18-11-5-10(16)6-17-13(11)19-14/h1-6H,7H2,(H,17,18,19). The Hall–Kier alpha value is -1.56. The van der Waals surface area contributed by atoms with Gasteiger partial charge < -0.3 is 4.98 Å². The summed E-state index contributed by atoms with van der Waals surface area (Å²) in [6.07, 6.45) is 1.54. The van der Waals surface area contributed by atoms with E-state index in [0.29, 0.717) is 26.4 Å². The summed E-state index contributed by atoms with van der Waals surface area (Å²) in [6, 6.07) is 8.58. The fourth-order valence-corrected chi connectivity index (χ4v) is 2.83. The summed E-state index contributed by atoms with van der Waals surface area (Å²) in [4.78, 5) is 23.5. The van der Waals surface area contributed by atoms with Crippen molar-refractivity contribution in [2.75, 3.05) is 5.75 Å². The zero-order valence-corrected chi connectivity index (χ0v) is 13.0. The lowest BCUT2D eigenvalue weighted by atomic mass is 10.1. The summed E-state index contributed by atoms with van der Waals surface area (Å²) >= 11 is 13.0. The summed E-state index contributed by atoms with van der Waals surface area (Å²) < 4.78 is 0. The van der Waals surface area contributed by atoms with Crippen molar-refractivity contribution in [3.63, 3.8) is 0 Å². The lowest BCUT2D eigenvalue weighted by Gasteiger charge is -1.99. The van der Waals surface area contributed by atoms with Crippen LogP contribution in [0, 0.1) is 0 Å². The summed E-state index contributed by atoms with van der Waals surface area (Å²) in [5.74, 6) is 0.304. The molecule has 2 aromatic heterocycles. The third kappa shape index (κ3) is 3.37. The first-order valence-corrected chi connectivity index (χ1v) is 7.79. The quantitative estimate of drug-likeness (QED) is 0.571. The van der Waals surface area contributed by atoms with Crippen LogP contribution in [0.25, 0.3) is 11.2 Å². The Labute approximate surface area is 134 Å². The minimum absolute atomic E-state index is 0.0168. The Balaban J connectivity index is 1.71. The molecule has 4 nitrogen and oxygen atoms in total. The average Bonchev–Trinajstić information content (AvgIpc) is 2.87. The molecule has 0 aliphatic heterocycles. The number of hydrogen-bond donors (Lipinski definition) is 1. The molecule has 0 spiro atoms. The van der Waals surface area contributed by atoms with E-state index in [-0.39, 0.29) is 11.5 Å². The molecule has 0 aliphatic rings. The monoisotopic (exact) mass is 337 g/mol. The topological polar surface area (TPSA) is 58.6 Å². The van der Waals surface area contributed by atoms with Gasteiger partial charge in [-0.1, -0.05) is 35.0 Å². The smallest absolute Gasteiger partial charge is 0.178 e. The molecule has 3 aromatic rings. The molecule has 0 aliphatic carbocycles. The number of ketones is 1. The summed E-state index contributed by atoms with van der Waals surface area (Å²) in [6.45, 7) is 0. The molecule has 1 N–H and O–H groups in total. The number of carbonyl (C=O) groups excluding carboxylic acids is 1. The number of aromatic nitrogens is 3. The third-order valence-electron chi connectivity index (χ3n) is 2.79. The Bertz CT molecular complexity index is 802. The zero-order chi connectivity index (χ0) is 14.8. The molecule has 0 saturated carbocycles. The molecule has 1 aromatic carbocycles. The Morgan fingerprint density at radius 3 is 2.71 bits per heavy atom. The van der Waals surface area contributed by atoms with Gasteiger partial charge in [0.05, 0.1) is 16.3 Å². The molecule has 0 unspecified atom stereocenters. The van der Waals surface area contributed by atoms with Crippen molar-refractivity contribution in [1.29, 1.82) is 0 Å². The van der Waals surface area contributed by atoms with E-state index in [4.69, 9.17) is 23.2 Å². The molecule has 3 rings (SSSR count). The van der Waals surface area contributed by atoms with Crippen LogP contribution in [-0.4, -0.2) is 26.5 Å². The molecule has 0 saturated heterocycles. The molecular weight excluding hydrogens is 329 g/mol. The minimum atomic E-state index is 0.0168. The highest BCUT2D eigenvalue weighted by Crippen LogP contribution is 2.21. The van der Waals surface area contributed by atoms with Crippen LogP contribution in [0.1, 0.15) is 10.4 Å². The maximum atomic E-state index is 12.1. The maximum absolute atomic E-state index is 12.1. The number of fused-ring (bicyclic) bond motifs is 1. The van der Waals surface area contributed by atoms with Crippen molar-refractivity contribution >= 4 is 51.9 Å². The van der Waals surface area contributed by atoms with Crippen molar-refractivity contribution in [1.82, 2.24) is 15.0 Å². The molecule has 0 radical (unpaired) electrons. The second-order valence-electron chi connectivity index (χ2n) is 4.29. The normalized spacial score (nSPS) is 11.0. The molecule has 106 valence electrons. The van der Waals surface area contributed by atoms with E-state index >= 15 is 0 Å². The minimum Gasteiger partial charge on any atom is -0.331 e. The van der Waals surface area contributed by atoms with Gasteiger partial charge in [-0.15, -0.1) is 0 Å². The molecule has 0 atom stereocenters. The highest BCUT2D eigenvalue weighted by atomic mass is 35.5. The number of aromatic amines is 1. The number of imidazole rings is 1. The number of thioether (sulfide) groups is 1. The molecule has 2 heterocycles. The summed E-state index contributed by atoms with van der Waals surface area (Å²) in [7, 11) is 0. The van der Waals surface area contributed by atoms with Gasteiger partial charge in [-0.3, -0.25) is 4.79 Å². The van der Waals surface area contributed by atoms with Crippen LogP contribution in [0.3, 0.4) is 0 Å². The lowest BCUT2D eigenvalue weighted by molar-refractivity contribution is 0.102.